The van der Waals surface area contributed by atoms with E-state index in [1.807, 2.05) is 6.92 Å². The van der Waals surface area contributed by atoms with Crippen molar-refractivity contribution in [2.24, 2.45) is 0 Å². The lowest BCUT2D eigenvalue weighted by Crippen LogP contribution is -2.07. The number of allylic oxidation sites excluding steroid dienone is 1. The number of hydrogen-bond donors (Lipinski definition) is 0. The van der Waals surface area contributed by atoms with Gasteiger partial charge in [0.15, 0.2) is 5.78 Å². The maximum absolute atomic E-state index is 12.1. The SMILES string of the molecule is CC(=O)C=Cc1cccc(COS(=O)(=O)c2ccc(C)cc2)n1. The fraction of sp³-hybridized carbons (Fsp3) is 0.176. The number of hydrogen-bond acceptors (Lipinski definition) is 5. The summed E-state index contributed by atoms with van der Waals surface area (Å²) < 4.78 is 29.3. The molecule has 1 aromatic heterocycles. The van der Waals surface area contributed by atoms with Gasteiger partial charge in [0.2, 0.25) is 0 Å². The molecule has 0 aliphatic heterocycles. The van der Waals surface area contributed by atoms with Crippen LogP contribution in [0.15, 0.2) is 53.4 Å². The molecule has 2 rings (SSSR count). The summed E-state index contributed by atoms with van der Waals surface area (Å²) in [5, 5.41) is 0. The Hall–Kier alpha value is -2.31. The first-order valence-corrected chi connectivity index (χ1v) is 8.38. The molecule has 0 spiro atoms. The van der Waals surface area contributed by atoms with Crippen molar-refractivity contribution in [1.29, 1.82) is 0 Å². The van der Waals surface area contributed by atoms with Gasteiger partial charge in [-0.1, -0.05) is 23.8 Å². The van der Waals surface area contributed by atoms with Crippen LogP contribution in [0.3, 0.4) is 0 Å². The van der Waals surface area contributed by atoms with Gasteiger partial charge < -0.3 is 0 Å². The fourth-order valence-corrected chi connectivity index (χ4v) is 2.67. The second kappa shape index (κ2) is 7.30. The van der Waals surface area contributed by atoms with Crippen molar-refractivity contribution in [1.82, 2.24) is 4.98 Å². The van der Waals surface area contributed by atoms with Crippen LogP contribution < -0.4 is 0 Å². The summed E-state index contributed by atoms with van der Waals surface area (Å²) in [5.74, 6) is -0.0876. The summed E-state index contributed by atoms with van der Waals surface area (Å²) in [4.78, 5) is 15.3. The van der Waals surface area contributed by atoms with Crippen LogP contribution in [0.4, 0.5) is 0 Å². The Bertz CT molecular complexity index is 824. The van der Waals surface area contributed by atoms with E-state index in [4.69, 9.17) is 4.18 Å². The molecule has 0 saturated heterocycles. The molecule has 23 heavy (non-hydrogen) atoms. The highest BCUT2D eigenvalue weighted by Gasteiger charge is 2.15. The van der Waals surface area contributed by atoms with Crippen molar-refractivity contribution >= 4 is 22.0 Å². The van der Waals surface area contributed by atoms with E-state index in [2.05, 4.69) is 4.98 Å². The van der Waals surface area contributed by atoms with Crippen LogP contribution in [0, 0.1) is 6.92 Å². The normalized spacial score (nSPS) is 11.7. The molecule has 0 amide bonds. The van der Waals surface area contributed by atoms with E-state index in [9.17, 15) is 13.2 Å². The number of pyridine rings is 1. The highest BCUT2D eigenvalue weighted by Crippen LogP contribution is 2.15. The Kier molecular flexibility index (Phi) is 5.41. The molecule has 0 atom stereocenters. The lowest BCUT2D eigenvalue weighted by Gasteiger charge is -2.06. The molecule has 5 nitrogen and oxygen atoms in total. The lowest BCUT2D eigenvalue weighted by molar-refractivity contribution is -0.112. The number of nitrogens with zero attached hydrogens (tertiary/aromatic N) is 1. The number of aryl methyl sites for hydroxylation is 1. The Balaban J connectivity index is 2.09. The average molecular weight is 331 g/mol. The minimum absolute atomic E-state index is 0.0876. The minimum Gasteiger partial charge on any atom is -0.295 e. The summed E-state index contributed by atoms with van der Waals surface area (Å²) in [6.07, 6.45) is 2.97. The molecule has 0 radical (unpaired) electrons. The number of rotatable bonds is 6. The van der Waals surface area contributed by atoms with Crippen molar-refractivity contribution in [2.75, 3.05) is 0 Å². The van der Waals surface area contributed by atoms with Gasteiger partial charge in [-0.05, 0) is 50.3 Å². The first-order chi connectivity index (χ1) is 10.9. The zero-order valence-electron chi connectivity index (χ0n) is 12.9. The molecule has 0 aliphatic carbocycles. The van der Waals surface area contributed by atoms with E-state index >= 15 is 0 Å². The predicted octanol–water partition coefficient (Wildman–Crippen LogP) is 2.90. The van der Waals surface area contributed by atoms with Crippen LogP contribution in [0.25, 0.3) is 6.08 Å². The van der Waals surface area contributed by atoms with E-state index < -0.39 is 10.1 Å². The third-order valence-corrected chi connectivity index (χ3v) is 4.27. The molecular weight excluding hydrogens is 314 g/mol. The van der Waals surface area contributed by atoms with Gasteiger partial charge in [0.05, 0.1) is 16.3 Å². The minimum atomic E-state index is -3.83. The Morgan fingerprint density at radius 3 is 2.52 bits per heavy atom. The average Bonchev–Trinajstić information content (AvgIpc) is 2.52. The topological polar surface area (TPSA) is 73.3 Å². The molecule has 6 heteroatoms. The highest BCUT2D eigenvalue weighted by atomic mass is 32.2. The van der Waals surface area contributed by atoms with Gasteiger partial charge in [-0.2, -0.15) is 8.42 Å². The molecule has 0 fully saturated rings. The standard InChI is InChI=1S/C17H17NO4S/c1-13-6-10-17(11-7-13)23(20,21)22-12-16-5-3-4-15(18-16)9-8-14(2)19/h3-11H,12H2,1-2H3. The number of aromatic nitrogens is 1. The second-order valence-corrected chi connectivity index (χ2v) is 6.64. The molecule has 120 valence electrons. The second-order valence-electron chi connectivity index (χ2n) is 5.03. The van der Waals surface area contributed by atoms with Crippen LogP contribution in [-0.4, -0.2) is 19.2 Å². The summed E-state index contributed by atoms with van der Waals surface area (Å²) >= 11 is 0. The third kappa shape index (κ3) is 5.12. The van der Waals surface area contributed by atoms with E-state index in [-0.39, 0.29) is 17.3 Å². The lowest BCUT2D eigenvalue weighted by atomic mass is 10.2. The van der Waals surface area contributed by atoms with Crippen molar-refractivity contribution < 1.29 is 17.4 Å². The summed E-state index contributed by atoms with van der Waals surface area (Å²) in [6, 6.07) is 11.5. The third-order valence-electron chi connectivity index (χ3n) is 2.99. The maximum atomic E-state index is 12.1. The Morgan fingerprint density at radius 1 is 1.17 bits per heavy atom. The smallest absolute Gasteiger partial charge is 0.295 e. The molecule has 0 unspecified atom stereocenters. The van der Waals surface area contributed by atoms with Crippen molar-refractivity contribution in [2.45, 2.75) is 25.3 Å². The summed E-state index contributed by atoms with van der Waals surface area (Å²) in [7, 11) is -3.83. The van der Waals surface area contributed by atoms with Gasteiger partial charge in [-0.15, -0.1) is 0 Å². The van der Waals surface area contributed by atoms with Crippen molar-refractivity contribution in [3.8, 4) is 0 Å². The van der Waals surface area contributed by atoms with Crippen LogP contribution in [0.5, 0.6) is 0 Å². The Morgan fingerprint density at radius 2 is 1.87 bits per heavy atom. The zero-order chi connectivity index (χ0) is 16.9. The van der Waals surface area contributed by atoms with Gasteiger partial charge >= 0.3 is 0 Å². The van der Waals surface area contributed by atoms with E-state index in [1.54, 1.807) is 36.4 Å². The number of carbonyl (C=O) groups excluding carboxylic acids is 1. The quantitative estimate of drug-likeness (QED) is 0.601. The predicted molar refractivity (Wildman–Crippen MR) is 87.1 cm³/mol. The molecule has 0 aliphatic rings. The molecule has 1 aromatic carbocycles. The molecule has 0 N–H and O–H groups in total. The van der Waals surface area contributed by atoms with Gasteiger partial charge in [-0.3, -0.25) is 14.0 Å². The molecule has 0 bridgehead atoms. The van der Waals surface area contributed by atoms with Crippen LogP contribution in [-0.2, 0) is 25.7 Å². The van der Waals surface area contributed by atoms with Crippen molar-refractivity contribution in [3.05, 3.63) is 65.5 Å². The van der Waals surface area contributed by atoms with Crippen LogP contribution >= 0.6 is 0 Å². The largest absolute Gasteiger partial charge is 0.297 e. The summed E-state index contributed by atoms with van der Waals surface area (Å²) in [5.41, 5.74) is 2.00. The van der Waals surface area contributed by atoms with E-state index in [0.717, 1.165) is 5.56 Å². The first-order valence-electron chi connectivity index (χ1n) is 6.97. The van der Waals surface area contributed by atoms with E-state index in [0.29, 0.717) is 11.4 Å². The number of benzene rings is 1. The monoisotopic (exact) mass is 331 g/mol. The molecular formula is C17H17NO4S. The summed E-state index contributed by atoms with van der Waals surface area (Å²) in [6.45, 7) is 3.15. The fourth-order valence-electron chi connectivity index (χ4n) is 1.79. The molecule has 1 heterocycles. The maximum Gasteiger partial charge on any atom is 0.297 e. The number of carbonyl (C=O) groups is 1. The molecule has 0 saturated carbocycles. The zero-order valence-corrected chi connectivity index (χ0v) is 13.7. The van der Waals surface area contributed by atoms with Crippen LogP contribution in [0.1, 0.15) is 23.9 Å². The van der Waals surface area contributed by atoms with Gasteiger partial charge in [0.1, 0.15) is 6.61 Å². The molecule has 2 aromatic rings. The van der Waals surface area contributed by atoms with E-state index in [1.165, 1.54) is 25.1 Å². The first kappa shape index (κ1) is 17.1. The van der Waals surface area contributed by atoms with Gasteiger partial charge in [0, 0.05) is 0 Å². The Labute approximate surface area is 135 Å². The van der Waals surface area contributed by atoms with Crippen molar-refractivity contribution in [3.63, 3.8) is 0 Å². The van der Waals surface area contributed by atoms with Gasteiger partial charge in [0.25, 0.3) is 10.1 Å². The highest BCUT2D eigenvalue weighted by molar-refractivity contribution is 7.86. The van der Waals surface area contributed by atoms with Gasteiger partial charge in [-0.25, -0.2) is 0 Å². The van der Waals surface area contributed by atoms with Crippen LogP contribution in [0.2, 0.25) is 0 Å². The number of ketones is 1.